The smallest absolute Gasteiger partial charge is 0.321 e. The third kappa shape index (κ3) is 3.32. The van der Waals surface area contributed by atoms with E-state index in [9.17, 15) is 4.79 Å². The van der Waals surface area contributed by atoms with Gasteiger partial charge in [-0.2, -0.15) is 0 Å². The van der Waals surface area contributed by atoms with E-state index in [1.165, 1.54) is 11.3 Å². The van der Waals surface area contributed by atoms with E-state index < -0.39 is 0 Å². The van der Waals surface area contributed by atoms with Crippen LogP contribution in [0.25, 0.3) is 10.2 Å². The summed E-state index contributed by atoms with van der Waals surface area (Å²) in [4.78, 5) is 20.2. The number of ether oxygens (including phenoxy) is 1. The molecule has 2 amide bonds. The number of nitrogens with one attached hydrogen (secondary N) is 2. The third-order valence-electron chi connectivity index (χ3n) is 2.99. The highest BCUT2D eigenvalue weighted by molar-refractivity contribution is 7.22. The number of fused-ring (bicyclic) bond motifs is 1. The Hall–Kier alpha value is -2.67. The van der Waals surface area contributed by atoms with Crippen LogP contribution < -0.4 is 15.4 Å². The first-order valence-corrected chi connectivity index (χ1v) is 7.44. The molecule has 0 saturated heterocycles. The Labute approximate surface area is 131 Å². The zero-order chi connectivity index (χ0) is 15.4. The zero-order valence-electron chi connectivity index (χ0n) is 11.9. The molecule has 2 heterocycles. The number of carbonyl (C=O) groups excluding carboxylic acids is 1. The van der Waals surface area contributed by atoms with Gasteiger partial charge in [-0.05, 0) is 29.8 Å². The summed E-state index contributed by atoms with van der Waals surface area (Å²) >= 11 is 1.40. The fraction of sp³-hybridized carbons (Fsp3) is 0.133. The predicted molar refractivity (Wildman–Crippen MR) is 86.3 cm³/mol. The second kappa shape index (κ2) is 6.40. The number of nitrogens with zero attached hydrogens (tertiary/aromatic N) is 2. The molecule has 0 saturated carbocycles. The molecule has 2 N–H and O–H groups in total. The van der Waals surface area contributed by atoms with Crippen molar-refractivity contribution >= 4 is 32.7 Å². The van der Waals surface area contributed by atoms with E-state index in [1.54, 1.807) is 19.5 Å². The maximum atomic E-state index is 11.9. The molecule has 0 spiro atoms. The van der Waals surface area contributed by atoms with Gasteiger partial charge in [0.05, 0.1) is 17.3 Å². The summed E-state index contributed by atoms with van der Waals surface area (Å²) in [5.74, 6) is 0.767. The van der Waals surface area contributed by atoms with Gasteiger partial charge >= 0.3 is 6.03 Å². The van der Waals surface area contributed by atoms with Crippen molar-refractivity contribution in [1.29, 1.82) is 0 Å². The van der Waals surface area contributed by atoms with Gasteiger partial charge in [-0.15, -0.1) is 0 Å². The van der Waals surface area contributed by atoms with Crippen LogP contribution >= 0.6 is 11.3 Å². The van der Waals surface area contributed by atoms with Crippen LogP contribution in [0.4, 0.5) is 9.93 Å². The number of methoxy groups -OCH3 is 1. The highest BCUT2D eigenvalue weighted by Crippen LogP contribution is 2.28. The molecule has 7 heteroatoms. The van der Waals surface area contributed by atoms with Gasteiger partial charge in [0.15, 0.2) is 5.13 Å². The van der Waals surface area contributed by atoms with Crippen LogP contribution in [0, 0.1) is 0 Å². The van der Waals surface area contributed by atoms with Gasteiger partial charge in [0.25, 0.3) is 0 Å². The van der Waals surface area contributed by atoms with Crippen molar-refractivity contribution in [2.75, 3.05) is 12.4 Å². The maximum Gasteiger partial charge on any atom is 0.321 e. The molecule has 0 bridgehead atoms. The molecule has 22 heavy (non-hydrogen) atoms. The van der Waals surface area contributed by atoms with Crippen molar-refractivity contribution in [1.82, 2.24) is 15.3 Å². The van der Waals surface area contributed by atoms with Crippen LogP contribution in [0.1, 0.15) is 5.56 Å². The van der Waals surface area contributed by atoms with E-state index in [2.05, 4.69) is 20.6 Å². The second-order valence-electron chi connectivity index (χ2n) is 4.52. The van der Waals surface area contributed by atoms with Gasteiger partial charge in [0.1, 0.15) is 5.75 Å². The first-order chi connectivity index (χ1) is 10.7. The number of urea groups is 1. The van der Waals surface area contributed by atoms with Crippen molar-refractivity contribution in [3.05, 3.63) is 48.3 Å². The molecular weight excluding hydrogens is 300 g/mol. The molecule has 0 aliphatic heterocycles. The predicted octanol–water partition coefficient (Wildman–Crippen LogP) is 3.02. The Bertz CT molecular complexity index is 789. The van der Waals surface area contributed by atoms with Crippen molar-refractivity contribution in [3.8, 4) is 5.75 Å². The van der Waals surface area contributed by atoms with E-state index in [0.717, 1.165) is 21.5 Å². The molecule has 6 nitrogen and oxygen atoms in total. The average Bonchev–Trinajstić information content (AvgIpc) is 2.95. The van der Waals surface area contributed by atoms with Crippen LogP contribution in [0.2, 0.25) is 0 Å². The minimum absolute atomic E-state index is 0.296. The summed E-state index contributed by atoms with van der Waals surface area (Å²) in [5, 5.41) is 6.05. The summed E-state index contributed by atoms with van der Waals surface area (Å²) in [6, 6.07) is 9.03. The van der Waals surface area contributed by atoms with Gasteiger partial charge in [0.2, 0.25) is 0 Å². The fourth-order valence-corrected chi connectivity index (χ4v) is 2.80. The minimum Gasteiger partial charge on any atom is -0.497 e. The Morgan fingerprint density at radius 2 is 2.27 bits per heavy atom. The van der Waals surface area contributed by atoms with Crippen molar-refractivity contribution in [2.24, 2.45) is 0 Å². The third-order valence-corrected chi connectivity index (χ3v) is 3.93. The number of hydrogen-bond donors (Lipinski definition) is 2. The van der Waals surface area contributed by atoms with Crippen molar-refractivity contribution in [2.45, 2.75) is 6.54 Å². The molecule has 2 aromatic heterocycles. The number of carbonyl (C=O) groups is 1. The van der Waals surface area contributed by atoms with Gasteiger partial charge in [0, 0.05) is 18.9 Å². The largest absolute Gasteiger partial charge is 0.497 e. The van der Waals surface area contributed by atoms with Gasteiger partial charge in [-0.1, -0.05) is 17.4 Å². The lowest BCUT2D eigenvalue weighted by Crippen LogP contribution is -2.28. The first-order valence-electron chi connectivity index (χ1n) is 6.63. The molecule has 1 aromatic carbocycles. The SMILES string of the molecule is COc1ccc2nc(NC(=O)NCc3cccnc3)sc2c1. The Balaban J connectivity index is 1.63. The standard InChI is InChI=1S/C15H14N4O2S/c1-21-11-4-5-12-13(7-11)22-15(18-12)19-14(20)17-9-10-3-2-6-16-8-10/h2-8H,9H2,1H3,(H2,17,18,19,20). The topological polar surface area (TPSA) is 76.1 Å². The van der Waals surface area contributed by atoms with Crippen LogP contribution in [-0.2, 0) is 6.54 Å². The monoisotopic (exact) mass is 314 g/mol. The Morgan fingerprint density at radius 1 is 1.36 bits per heavy atom. The summed E-state index contributed by atoms with van der Waals surface area (Å²) in [7, 11) is 1.62. The van der Waals surface area contributed by atoms with E-state index in [4.69, 9.17) is 4.74 Å². The minimum atomic E-state index is -0.296. The van der Waals surface area contributed by atoms with Gasteiger partial charge in [-0.3, -0.25) is 10.3 Å². The molecule has 0 unspecified atom stereocenters. The number of hydrogen-bond acceptors (Lipinski definition) is 5. The van der Waals surface area contributed by atoms with Crippen LogP contribution in [-0.4, -0.2) is 23.1 Å². The molecule has 0 fully saturated rings. The molecule has 3 aromatic rings. The molecule has 0 atom stereocenters. The molecule has 0 radical (unpaired) electrons. The quantitative estimate of drug-likeness (QED) is 0.776. The Morgan fingerprint density at radius 3 is 3.05 bits per heavy atom. The van der Waals surface area contributed by atoms with E-state index in [1.807, 2.05) is 30.3 Å². The number of pyridine rings is 1. The van der Waals surface area contributed by atoms with Crippen molar-refractivity contribution < 1.29 is 9.53 Å². The first kappa shape index (κ1) is 14.3. The van der Waals surface area contributed by atoms with E-state index in [0.29, 0.717) is 11.7 Å². The summed E-state index contributed by atoms with van der Waals surface area (Å²) in [6.45, 7) is 0.415. The number of amides is 2. The normalized spacial score (nSPS) is 10.4. The molecular formula is C15H14N4O2S. The van der Waals surface area contributed by atoms with E-state index >= 15 is 0 Å². The lowest BCUT2D eigenvalue weighted by Gasteiger charge is -2.04. The molecule has 0 aliphatic carbocycles. The molecule has 3 rings (SSSR count). The highest BCUT2D eigenvalue weighted by Gasteiger charge is 2.08. The summed E-state index contributed by atoms with van der Waals surface area (Å²) < 4.78 is 6.13. The number of rotatable bonds is 4. The number of anilines is 1. The lowest BCUT2D eigenvalue weighted by molar-refractivity contribution is 0.251. The van der Waals surface area contributed by atoms with Crippen LogP contribution in [0.5, 0.6) is 5.75 Å². The van der Waals surface area contributed by atoms with Crippen LogP contribution in [0.3, 0.4) is 0 Å². The Kier molecular flexibility index (Phi) is 4.15. The highest BCUT2D eigenvalue weighted by atomic mass is 32.1. The summed E-state index contributed by atoms with van der Waals surface area (Å²) in [5.41, 5.74) is 1.76. The maximum absolute atomic E-state index is 11.9. The number of thiazole rings is 1. The average molecular weight is 314 g/mol. The molecule has 112 valence electrons. The summed E-state index contributed by atoms with van der Waals surface area (Å²) in [6.07, 6.45) is 3.41. The van der Waals surface area contributed by atoms with Crippen LogP contribution in [0.15, 0.2) is 42.7 Å². The number of aromatic nitrogens is 2. The van der Waals surface area contributed by atoms with Crippen molar-refractivity contribution in [3.63, 3.8) is 0 Å². The number of benzene rings is 1. The second-order valence-corrected chi connectivity index (χ2v) is 5.55. The molecule has 0 aliphatic rings. The van der Waals surface area contributed by atoms with Gasteiger partial charge in [-0.25, -0.2) is 9.78 Å². The van der Waals surface area contributed by atoms with E-state index in [-0.39, 0.29) is 6.03 Å². The fourth-order valence-electron chi connectivity index (χ4n) is 1.91. The lowest BCUT2D eigenvalue weighted by atomic mass is 10.3. The zero-order valence-corrected chi connectivity index (χ0v) is 12.7. The van der Waals surface area contributed by atoms with Gasteiger partial charge < -0.3 is 10.1 Å².